The van der Waals surface area contributed by atoms with E-state index in [1.54, 1.807) is 0 Å². The van der Waals surface area contributed by atoms with Crippen molar-refractivity contribution < 1.29 is 11.6 Å². The summed E-state index contributed by atoms with van der Waals surface area (Å²) in [5.74, 6) is -0.783. The number of hydrogen-bond acceptors (Lipinski definition) is 0. The Morgan fingerprint density at radius 2 is 2.00 bits per heavy atom. The van der Waals surface area contributed by atoms with Gasteiger partial charge in [0.2, 0.25) is 0 Å². The van der Waals surface area contributed by atoms with Gasteiger partial charge in [-0.1, -0.05) is 15.9 Å². The molecule has 0 aliphatic carbocycles. The number of halogens is 3. The van der Waals surface area contributed by atoms with Gasteiger partial charge in [0.05, 0.1) is 0 Å². The quantitative estimate of drug-likeness (QED) is 0.517. The SMILES string of the molecule is Fc1ccc(F)c(CBr)c1.[H-].[H-].[Mg+2]. The molecule has 11 heavy (non-hydrogen) atoms. The molecule has 0 saturated carbocycles. The number of rotatable bonds is 1. The fraction of sp³-hybridized carbons (Fsp3) is 0.143. The zero-order valence-electron chi connectivity index (χ0n) is 7.78. The van der Waals surface area contributed by atoms with E-state index in [1.165, 1.54) is 6.07 Å². The molecule has 1 aromatic rings. The van der Waals surface area contributed by atoms with E-state index in [4.69, 9.17) is 0 Å². The molecule has 0 heterocycles. The van der Waals surface area contributed by atoms with Crippen LogP contribution < -0.4 is 0 Å². The molecule has 0 radical (unpaired) electrons. The Bertz CT molecular complexity index is 248. The van der Waals surface area contributed by atoms with E-state index in [-0.39, 0.29) is 31.7 Å². The smallest absolute Gasteiger partial charge is 1.00 e. The maximum atomic E-state index is 12.6. The van der Waals surface area contributed by atoms with Crippen molar-refractivity contribution in [1.29, 1.82) is 0 Å². The van der Waals surface area contributed by atoms with E-state index >= 15 is 0 Å². The van der Waals surface area contributed by atoms with Crippen LogP contribution >= 0.6 is 15.9 Å². The minimum absolute atomic E-state index is 0. The molecule has 0 amide bonds. The number of benzene rings is 1. The maximum absolute atomic E-state index is 12.6. The van der Waals surface area contributed by atoms with E-state index in [9.17, 15) is 8.78 Å². The first-order valence-electron chi connectivity index (χ1n) is 2.74. The average Bonchev–Trinajstić information content (AvgIpc) is 1.94. The Morgan fingerprint density at radius 1 is 1.36 bits per heavy atom. The first-order chi connectivity index (χ1) is 4.74. The van der Waals surface area contributed by atoms with Crippen LogP contribution in [0, 0.1) is 11.6 Å². The van der Waals surface area contributed by atoms with Gasteiger partial charge in [0, 0.05) is 10.9 Å². The van der Waals surface area contributed by atoms with E-state index in [0.29, 0.717) is 10.9 Å². The predicted molar refractivity (Wildman–Crippen MR) is 47.0 cm³/mol. The van der Waals surface area contributed by atoms with Gasteiger partial charge in [-0.05, 0) is 18.2 Å². The second-order valence-corrected chi connectivity index (χ2v) is 2.43. The third kappa shape index (κ3) is 3.05. The molecule has 0 nitrogen and oxygen atoms in total. The van der Waals surface area contributed by atoms with Gasteiger partial charge < -0.3 is 2.85 Å². The molecule has 0 aromatic heterocycles. The van der Waals surface area contributed by atoms with Crippen molar-refractivity contribution in [3.63, 3.8) is 0 Å². The molecule has 0 unspecified atom stereocenters. The minimum atomic E-state index is -0.407. The van der Waals surface area contributed by atoms with Crippen LogP contribution in [-0.2, 0) is 5.33 Å². The molecule has 0 N–H and O–H groups in total. The molecule has 0 bridgehead atoms. The third-order valence-corrected chi connectivity index (χ3v) is 1.76. The van der Waals surface area contributed by atoms with Crippen molar-refractivity contribution in [2.45, 2.75) is 5.33 Å². The van der Waals surface area contributed by atoms with Crippen LogP contribution in [0.2, 0.25) is 0 Å². The van der Waals surface area contributed by atoms with E-state index in [2.05, 4.69) is 15.9 Å². The van der Waals surface area contributed by atoms with Crippen LogP contribution in [0.25, 0.3) is 0 Å². The normalized spacial score (nSPS) is 9.00. The van der Waals surface area contributed by atoms with Crippen molar-refractivity contribution in [3.05, 3.63) is 35.4 Å². The van der Waals surface area contributed by atoms with Gasteiger partial charge in [-0.3, -0.25) is 0 Å². The van der Waals surface area contributed by atoms with Crippen molar-refractivity contribution in [2.75, 3.05) is 0 Å². The molecule has 4 heteroatoms. The minimum Gasteiger partial charge on any atom is -1.00 e. The zero-order chi connectivity index (χ0) is 7.56. The van der Waals surface area contributed by atoms with Crippen LogP contribution in [0.1, 0.15) is 8.42 Å². The summed E-state index contributed by atoms with van der Waals surface area (Å²) in [4.78, 5) is 0. The molecule has 0 atom stereocenters. The summed E-state index contributed by atoms with van der Waals surface area (Å²) in [5.41, 5.74) is 0.347. The molecule has 58 valence electrons. The molecule has 0 fully saturated rings. The second-order valence-electron chi connectivity index (χ2n) is 1.87. The van der Waals surface area contributed by atoms with Crippen LogP contribution in [0.5, 0.6) is 0 Å². The van der Waals surface area contributed by atoms with Gasteiger partial charge in [0.1, 0.15) is 11.6 Å². The summed E-state index contributed by atoms with van der Waals surface area (Å²) < 4.78 is 24.9. The summed E-state index contributed by atoms with van der Waals surface area (Å²) in [6, 6.07) is 3.39. The molecule has 0 saturated heterocycles. The second kappa shape index (κ2) is 5.06. The first-order valence-corrected chi connectivity index (χ1v) is 3.86. The van der Waals surface area contributed by atoms with Crippen molar-refractivity contribution in [2.24, 2.45) is 0 Å². The topological polar surface area (TPSA) is 0 Å². The summed E-state index contributed by atoms with van der Waals surface area (Å²) >= 11 is 3.04. The summed E-state index contributed by atoms with van der Waals surface area (Å²) in [6.45, 7) is 0. The fourth-order valence-corrected chi connectivity index (χ4v) is 1.08. The van der Waals surface area contributed by atoms with E-state index in [1.807, 2.05) is 0 Å². The summed E-state index contributed by atoms with van der Waals surface area (Å²) in [6.07, 6.45) is 0. The molecule has 0 aliphatic heterocycles. The fourth-order valence-electron chi connectivity index (χ4n) is 0.646. The van der Waals surface area contributed by atoms with Gasteiger partial charge in [-0.15, -0.1) is 0 Å². The van der Waals surface area contributed by atoms with Crippen LogP contribution in [0.4, 0.5) is 8.78 Å². The van der Waals surface area contributed by atoms with Crippen LogP contribution in [0.15, 0.2) is 18.2 Å². The number of hydrogen-bond donors (Lipinski definition) is 0. The van der Waals surface area contributed by atoms with Gasteiger partial charge in [-0.2, -0.15) is 0 Å². The molecular weight excluding hydrogens is 226 g/mol. The Balaban J connectivity index is -0.000000333. The Labute approximate surface area is 91.2 Å². The first kappa shape index (κ1) is 11.3. The predicted octanol–water partition coefficient (Wildman–Crippen LogP) is 2.70. The standard InChI is InChI=1S/C7H5BrF2.Mg.2H/c8-4-5-3-6(9)1-2-7(5)10;;;/h1-3H,4H2;;;/q;+2;2*-1. The van der Waals surface area contributed by atoms with Crippen LogP contribution in [-0.4, -0.2) is 23.1 Å². The van der Waals surface area contributed by atoms with Crippen LogP contribution in [0.3, 0.4) is 0 Å². The van der Waals surface area contributed by atoms with E-state index in [0.717, 1.165) is 12.1 Å². The Kier molecular flexibility index (Phi) is 5.21. The van der Waals surface area contributed by atoms with Gasteiger partial charge in [0.15, 0.2) is 0 Å². The van der Waals surface area contributed by atoms with Crippen molar-refractivity contribution in [3.8, 4) is 0 Å². The zero-order valence-corrected chi connectivity index (χ0v) is 8.78. The maximum Gasteiger partial charge on any atom is 2.00 e. The van der Waals surface area contributed by atoms with Gasteiger partial charge in [-0.25, -0.2) is 8.78 Å². The Hall–Kier alpha value is 0.326. The molecule has 0 aliphatic rings. The average molecular weight is 233 g/mol. The molecule has 1 rings (SSSR count). The number of alkyl halides is 1. The summed E-state index contributed by atoms with van der Waals surface area (Å²) in [5, 5.41) is 0.344. The Morgan fingerprint density at radius 3 is 2.45 bits per heavy atom. The molecule has 1 aromatic carbocycles. The molecular formula is C7H7BrF2Mg. The van der Waals surface area contributed by atoms with Gasteiger partial charge >= 0.3 is 23.1 Å². The van der Waals surface area contributed by atoms with Crippen molar-refractivity contribution >= 4 is 39.0 Å². The van der Waals surface area contributed by atoms with Crippen molar-refractivity contribution in [1.82, 2.24) is 0 Å². The van der Waals surface area contributed by atoms with Gasteiger partial charge in [0.25, 0.3) is 0 Å². The van der Waals surface area contributed by atoms with E-state index < -0.39 is 5.82 Å². The largest absolute Gasteiger partial charge is 2.00 e. The third-order valence-electron chi connectivity index (χ3n) is 1.15. The molecule has 0 spiro atoms. The summed E-state index contributed by atoms with van der Waals surface area (Å²) in [7, 11) is 0. The monoisotopic (exact) mass is 232 g/mol.